The van der Waals surface area contributed by atoms with Gasteiger partial charge in [0.1, 0.15) is 0 Å². The fraction of sp³-hybridized carbons (Fsp3) is 0.591. The topological polar surface area (TPSA) is 86.3 Å². The van der Waals surface area contributed by atoms with Crippen molar-refractivity contribution in [3.63, 3.8) is 0 Å². The van der Waals surface area contributed by atoms with Crippen LogP contribution in [0.2, 0.25) is 0 Å². The zero-order valence-electron chi connectivity index (χ0n) is 16.8. The molecule has 7 nitrogen and oxygen atoms in total. The molecule has 0 saturated heterocycles. The summed E-state index contributed by atoms with van der Waals surface area (Å²) in [5.41, 5.74) is 1.01. The molecule has 1 fully saturated rings. The van der Waals surface area contributed by atoms with Crippen molar-refractivity contribution in [2.24, 2.45) is 11.8 Å². The lowest BCUT2D eigenvalue weighted by atomic mass is 9.80. The van der Waals surface area contributed by atoms with Gasteiger partial charge in [0.2, 0.25) is 13.1 Å². The zero-order chi connectivity index (χ0) is 20.2. The quantitative estimate of drug-likeness (QED) is 0.659. The number of allylic oxidation sites excluding steroid dienone is 1. The number of carbonyl (C=O) groups excluding carboxylic acids is 1. The highest BCUT2D eigenvalue weighted by Gasteiger charge is 2.38. The Balaban J connectivity index is 1.62. The van der Waals surface area contributed by atoms with Crippen LogP contribution in [-0.4, -0.2) is 43.9 Å². The molecule has 4 rings (SSSR count). The number of hydrogen-bond acceptors (Lipinski definition) is 6. The van der Waals surface area contributed by atoms with Crippen molar-refractivity contribution < 1.29 is 28.8 Å². The molecule has 2 aliphatic heterocycles. The van der Waals surface area contributed by atoms with E-state index < -0.39 is 6.29 Å². The van der Waals surface area contributed by atoms with Gasteiger partial charge in [0.25, 0.3) is 5.91 Å². The van der Waals surface area contributed by atoms with E-state index in [1.54, 1.807) is 0 Å². The van der Waals surface area contributed by atoms with Crippen LogP contribution in [-0.2, 0) is 14.3 Å². The van der Waals surface area contributed by atoms with Crippen LogP contribution in [0.15, 0.2) is 30.0 Å². The number of benzene rings is 1. The summed E-state index contributed by atoms with van der Waals surface area (Å²) in [6, 6.07) is 5.85. The molecule has 0 radical (unpaired) electrons. The molecule has 2 N–H and O–H groups in total. The van der Waals surface area contributed by atoms with Gasteiger partial charge in [-0.2, -0.15) is 0 Å². The molecule has 1 aromatic rings. The molecule has 29 heavy (non-hydrogen) atoms. The van der Waals surface area contributed by atoms with Crippen LogP contribution < -0.4 is 14.8 Å². The predicted molar refractivity (Wildman–Crippen MR) is 105 cm³/mol. The maximum absolute atomic E-state index is 12.7. The maximum Gasteiger partial charge on any atom is 0.286 e. The molecule has 3 aliphatic rings. The molecule has 158 valence electrons. The third-order valence-electron chi connectivity index (χ3n) is 5.66. The Morgan fingerprint density at radius 3 is 2.86 bits per heavy atom. The lowest BCUT2D eigenvalue weighted by Crippen LogP contribution is -2.39. The maximum atomic E-state index is 12.7. The first-order chi connectivity index (χ1) is 14.2. The minimum atomic E-state index is -0.548. The Hall–Kier alpha value is -2.25. The van der Waals surface area contributed by atoms with Crippen LogP contribution in [0.3, 0.4) is 0 Å². The highest BCUT2D eigenvalue weighted by molar-refractivity contribution is 5.91. The van der Waals surface area contributed by atoms with E-state index in [4.69, 9.17) is 18.9 Å². The number of aliphatic hydroxyl groups is 1. The van der Waals surface area contributed by atoms with E-state index in [-0.39, 0.29) is 31.1 Å². The molecule has 0 aromatic heterocycles. The first kappa shape index (κ1) is 20.0. The summed E-state index contributed by atoms with van der Waals surface area (Å²) in [7, 11) is 0. The fourth-order valence-corrected chi connectivity index (χ4v) is 3.91. The van der Waals surface area contributed by atoms with Gasteiger partial charge >= 0.3 is 0 Å². The Bertz CT molecular complexity index is 760. The summed E-state index contributed by atoms with van der Waals surface area (Å²) < 4.78 is 22.8. The van der Waals surface area contributed by atoms with Gasteiger partial charge in [-0.25, -0.2) is 0 Å². The van der Waals surface area contributed by atoms with Gasteiger partial charge in [0.15, 0.2) is 17.3 Å². The van der Waals surface area contributed by atoms with E-state index in [0.29, 0.717) is 43.4 Å². The third kappa shape index (κ3) is 4.67. The normalized spacial score (nSPS) is 25.3. The Kier molecular flexibility index (Phi) is 6.25. The van der Waals surface area contributed by atoms with Crippen LogP contribution in [0.1, 0.15) is 44.1 Å². The Morgan fingerprint density at radius 2 is 2.10 bits per heavy atom. The van der Waals surface area contributed by atoms with Crippen molar-refractivity contribution in [3.8, 4) is 11.5 Å². The van der Waals surface area contributed by atoms with Gasteiger partial charge in [0.05, 0.1) is 0 Å². The number of carbonyl (C=O) groups is 1. The van der Waals surface area contributed by atoms with Gasteiger partial charge in [-0.3, -0.25) is 4.79 Å². The largest absolute Gasteiger partial charge is 0.459 e. The summed E-state index contributed by atoms with van der Waals surface area (Å²) in [5, 5.41) is 12.3. The number of hydrogen-bond donors (Lipinski definition) is 2. The molecule has 3 atom stereocenters. The summed E-state index contributed by atoms with van der Waals surface area (Å²) in [6.45, 7) is 3.38. The Morgan fingerprint density at radius 1 is 1.28 bits per heavy atom. The van der Waals surface area contributed by atoms with E-state index in [1.807, 2.05) is 31.2 Å². The second-order valence-corrected chi connectivity index (χ2v) is 7.79. The SMILES string of the molecule is CCO[C@H]1OC(C(=O)NCC2CC2)=C[C@@H](c2ccc3c(c2)OCO3)[C@@H]1CCCO. The third-order valence-corrected chi connectivity index (χ3v) is 5.66. The van der Waals surface area contributed by atoms with Crippen LogP contribution in [0.4, 0.5) is 0 Å². The first-order valence-corrected chi connectivity index (χ1v) is 10.5. The molecule has 2 heterocycles. The van der Waals surface area contributed by atoms with Crippen molar-refractivity contribution >= 4 is 5.91 Å². The van der Waals surface area contributed by atoms with Crippen LogP contribution in [0.5, 0.6) is 11.5 Å². The molecule has 0 spiro atoms. The summed E-state index contributed by atoms with van der Waals surface area (Å²) in [4.78, 5) is 12.7. The molecule has 1 aromatic carbocycles. The molecule has 1 aliphatic carbocycles. The highest BCUT2D eigenvalue weighted by Crippen LogP contribution is 2.42. The van der Waals surface area contributed by atoms with E-state index in [2.05, 4.69) is 5.32 Å². The number of nitrogens with one attached hydrogen (secondary N) is 1. The average molecular weight is 403 g/mol. The van der Waals surface area contributed by atoms with Crippen LogP contribution in [0.25, 0.3) is 0 Å². The minimum absolute atomic E-state index is 0.0255. The van der Waals surface area contributed by atoms with Crippen molar-refractivity contribution in [1.82, 2.24) is 5.32 Å². The number of amides is 1. The Labute approximate surface area is 171 Å². The summed E-state index contributed by atoms with van der Waals surface area (Å²) in [6.07, 6.45) is 5.03. The predicted octanol–water partition coefficient (Wildman–Crippen LogP) is 2.69. The molecular weight excluding hydrogens is 374 g/mol. The molecule has 0 unspecified atom stereocenters. The van der Waals surface area contributed by atoms with Crippen molar-refractivity contribution in [3.05, 3.63) is 35.6 Å². The molecule has 7 heteroatoms. The second-order valence-electron chi connectivity index (χ2n) is 7.79. The van der Waals surface area contributed by atoms with Crippen LogP contribution >= 0.6 is 0 Å². The molecular formula is C22H29NO6. The summed E-state index contributed by atoms with van der Waals surface area (Å²) in [5.74, 6) is 2.00. The lowest BCUT2D eigenvalue weighted by Gasteiger charge is -2.37. The smallest absolute Gasteiger partial charge is 0.286 e. The highest BCUT2D eigenvalue weighted by atomic mass is 16.7. The monoisotopic (exact) mass is 403 g/mol. The summed E-state index contributed by atoms with van der Waals surface area (Å²) >= 11 is 0. The first-order valence-electron chi connectivity index (χ1n) is 10.5. The molecule has 1 amide bonds. The van der Waals surface area contributed by atoms with E-state index in [1.165, 1.54) is 12.8 Å². The number of ether oxygens (including phenoxy) is 4. The molecule has 0 bridgehead atoms. The van der Waals surface area contributed by atoms with Crippen molar-refractivity contribution in [2.45, 2.75) is 44.8 Å². The molecule has 1 saturated carbocycles. The average Bonchev–Trinajstić information content (AvgIpc) is 3.45. The second kappa shape index (κ2) is 9.05. The zero-order valence-corrected chi connectivity index (χ0v) is 16.8. The van der Waals surface area contributed by atoms with Crippen molar-refractivity contribution in [1.29, 1.82) is 0 Å². The number of fused-ring (bicyclic) bond motifs is 1. The fourth-order valence-electron chi connectivity index (χ4n) is 3.91. The number of aliphatic hydroxyl groups excluding tert-OH is 1. The van der Waals surface area contributed by atoms with Gasteiger partial charge in [-0.05, 0) is 62.3 Å². The standard InChI is InChI=1S/C22H29NO6/c1-2-26-22-16(4-3-9-24)17(15-7-8-18-19(10-15)28-13-27-18)11-20(29-22)21(25)23-12-14-5-6-14/h7-8,10-11,14,16-17,22,24H,2-6,9,12-13H2,1H3,(H,23,25)/t16-,17-,22-/m0/s1. The van der Waals surface area contributed by atoms with Gasteiger partial charge in [-0.1, -0.05) is 6.07 Å². The van der Waals surface area contributed by atoms with Crippen molar-refractivity contribution in [2.75, 3.05) is 26.6 Å². The van der Waals surface area contributed by atoms with E-state index in [9.17, 15) is 9.90 Å². The minimum Gasteiger partial charge on any atom is -0.459 e. The van der Waals surface area contributed by atoms with E-state index >= 15 is 0 Å². The van der Waals surface area contributed by atoms with E-state index in [0.717, 1.165) is 11.3 Å². The lowest BCUT2D eigenvalue weighted by molar-refractivity contribution is -0.166. The van der Waals surface area contributed by atoms with Gasteiger partial charge in [-0.15, -0.1) is 0 Å². The van der Waals surface area contributed by atoms with Crippen LogP contribution in [0, 0.1) is 11.8 Å². The van der Waals surface area contributed by atoms with Gasteiger partial charge in [0, 0.05) is 31.6 Å². The van der Waals surface area contributed by atoms with Gasteiger partial charge < -0.3 is 29.4 Å². The number of rotatable bonds is 9.